The van der Waals surface area contributed by atoms with Crippen molar-refractivity contribution in [3.8, 4) is 0 Å². The summed E-state index contributed by atoms with van der Waals surface area (Å²) in [5.74, 6) is -1.29. The molecule has 86 valence electrons. The zero-order chi connectivity index (χ0) is 11.6. The second kappa shape index (κ2) is 4.74. The van der Waals surface area contributed by atoms with Crippen LogP contribution in [0, 0.1) is 0 Å². The molecule has 0 aromatic carbocycles. The molecule has 0 radical (unpaired) electrons. The van der Waals surface area contributed by atoms with Gasteiger partial charge in [0.2, 0.25) is 5.91 Å². The molecule has 1 aliphatic rings. The highest BCUT2D eigenvalue weighted by Gasteiger charge is 2.38. The SMILES string of the molecule is CCC(C(=O)O)S(=O)C1CCN(C)C1=O. The minimum absolute atomic E-state index is 0.201. The first-order valence-corrected chi connectivity index (χ1v) is 6.13. The van der Waals surface area contributed by atoms with Gasteiger partial charge in [-0.3, -0.25) is 13.8 Å². The molecule has 1 saturated heterocycles. The lowest BCUT2D eigenvalue weighted by Gasteiger charge is -2.14. The fraction of sp³-hybridized carbons (Fsp3) is 0.778. The van der Waals surface area contributed by atoms with E-state index in [9.17, 15) is 13.8 Å². The van der Waals surface area contributed by atoms with Crippen LogP contribution in [0.2, 0.25) is 0 Å². The molecule has 1 heterocycles. The van der Waals surface area contributed by atoms with Crippen LogP contribution in [0.3, 0.4) is 0 Å². The average Bonchev–Trinajstić information content (AvgIpc) is 2.48. The van der Waals surface area contributed by atoms with Gasteiger partial charge in [-0.1, -0.05) is 6.92 Å². The highest BCUT2D eigenvalue weighted by molar-refractivity contribution is 7.87. The van der Waals surface area contributed by atoms with Gasteiger partial charge in [0.25, 0.3) is 0 Å². The summed E-state index contributed by atoms with van der Waals surface area (Å²) < 4.78 is 11.9. The number of carboxylic acids is 1. The van der Waals surface area contributed by atoms with E-state index in [4.69, 9.17) is 5.11 Å². The quantitative estimate of drug-likeness (QED) is 0.731. The first-order chi connectivity index (χ1) is 6.99. The highest BCUT2D eigenvalue weighted by atomic mass is 32.2. The van der Waals surface area contributed by atoms with Gasteiger partial charge in [-0.25, -0.2) is 0 Å². The Morgan fingerprint density at radius 2 is 2.33 bits per heavy atom. The first-order valence-electron chi connectivity index (χ1n) is 4.86. The van der Waals surface area contributed by atoms with E-state index in [1.54, 1.807) is 14.0 Å². The summed E-state index contributed by atoms with van der Waals surface area (Å²) >= 11 is 0. The van der Waals surface area contributed by atoms with Crippen LogP contribution < -0.4 is 0 Å². The lowest BCUT2D eigenvalue weighted by molar-refractivity contribution is -0.136. The molecule has 1 N–H and O–H groups in total. The molecule has 1 fully saturated rings. The maximum Gasteiger partial charge on any atom is 0.319 e. The zero-order valence-corrected chi connectivity index (χ0v) is 9.62. The van der Waals surface area contributed by atoms with Crippen LogP contribution in [0.4, 0.5) is 0 Å². The molecule has 1 rings (SSSR count). The molecule has 3 atom stereocenters. The maximum atomic E-state index is 11.9. The lowest BCUT2D eigenvalue weighted by Crippen LogP contribution is -2.36. The number of aliphatic carboxylic acids is 1. The molecule has 0 spiro atoms. The number of hydrogen-bond donors (Lipinski definition) is 1. The summed E-state index contributed by atoms with van der Waals surface area (Å²) in [6, 6.07) is 0. The molecule has 0 saturated carbocycles. The third kappa shape index (κ3) is 2.37. The Labute approximate surface area is 90.9 Å². The van der Waals surface area contributed by atoms with Crippen molar-refractivity contribution in [3.63, 3.8) is 0 Å². The number of carbonyl (C=O) groups excluding carboxylic acids is 1. The van der Waals surface area contributed by atoms with Gasteiger partial charge in [-0.15, -0.1) is 0 Å². The molecule has 3 unspecified atom stereocenters. The van der Waals surface area contributed by atoms with Gasteiger partial charge in [0.1, 0.15) is 10.5 Å². The van der Waals surface area contributed by atoms with Crippen molar-refractivity contribution in [1.82, 2.24) is 4.90 Å². The minimum atomic E-state index is -1.60. The van der Waals surface area contributed by atoms with E-state index >= 15 is 0 Å². The van der Waals surface area contributed by atoms with Crippen molar-refractivity contribution in [1.29, 1.82) is 0 Å². The molecule has 0 aliphatic carbocycles. The number of carbonyl (C=O) groups is 2. The van der Waals surface area contributed by atoms with Crippen LogP contribution in [-0.2, 0) is 20.4 Å². The Hall–Kier alpha value is -0.910. The van der Waals surface area contributed by atoms with Crippen LogP contribution in [0.15, 0.2) is 0 Å². The Balaban J connectivity index is 2.76. The summed E-state index contributed by atoms with van der Waals surface area (Å²) in [6.07, 6.45) is 0.779. The minimum Gasteiger partial charge on any atom is -0.480 e. The van der Waals surface area contributed by atoms with E-state index in [2.05, 4.69) is 0 Å². The second-order valence-corrected chi connectivity index (χ2v) is 5.40. The van der Waals surface area contributed by atoms with Crippen molar-refractivity contribution < 1.29 is 18.9 Å². The largest absolute Gasteiger partial charge is 0.480 e. The molecule has 5 nitrogen and oxygen atoms in total. The summed E-state index contributed by atoms with van der Waals surface area (Å²) in [5.41, 5.74) is 0. The van der Waals surface area contributed by atoms with E-state index in [1.807, 2.05) is 0 Å². The topological polar surface area (TPSA) is 74.7 Å². The molecule has 1 amide bonds. The van der Waals surface area contributed by atoms with Crippen LogP contribution in [0.25, 0.3) is 0 Å². The van der Waals surface area contributed by atoms with Gasteiger partial charge in [0.15, 0.2) is 0 Å². The molecular weight excluding hydrogens is 218 g/mol. The smallest absolute Gasteiger partial charge is 0.319 e. The Morgan fingerprint density at radius 1 is 1.73 bits per heavy atom. The normalized spacial score (nSPS) is 25.3. The van der Waals surface area contributed by atoms with Crippen molar-refractivity contribution in [2.24, 2.45) is 0 Å². The number of amides is 1. The number of nitrogens with zero attached hydrogens (tertiary/aromatic N) is 1. The molecule has 1 aliphatic heterocycles. The van der Waals surface area contributed by atoms with E-state index < -0.39 is 27.3 Å². The van der Waals surface area contributed by atoms with Gasteiger partial charge < -0.3 is 10.0 Å². The zero-order valence-electron chi connectivity index (χ0n) is 8.80. The monoisotopic (exact) mass is 233 g/mol. The third-order valence-electron chi connectivity index (χ3n) is 2.59. The predicted octanol–water partition coefficient (Wildman–Crippen LogP) is -0.171. The lowest BCUT2D eigenvalue weighted by atomic mass is 10.3. The van der Waals surface area contributed by atoms with Crippen LogP contribution in [0.1, 0.15) is 19.8 Å². The van der Waals surface area contributed by atoms with Crippen molar-refractivity contribution in [2.75, 3.05) is 13.6 Å². The molecule has 6 heteroatoms. The summed E-state index contributed by atoms with van der Waals surface area (Å²) in [7, 11) is 0.0353. The summed E-state index contributed by atoms with van der Waals surface area (Å²) in [5, 5.41) is 7.28. The number of carboxylic acid groups (broad SMARTS) is 1. The molecular formula is C9H15NO4S. The van der Waals surface area contributed by atoms with E-state index in [-0.39, 0.29) is 12.3 Å². The summed E-state index contributed by atoms with van der Waals surface area (Å²) in [4.78, 5) is 23.8. The van der Waals surface area contributed by atoms with E-state index in [0.717, 1.165) is 0 Å². The van der Waals surface area contributed by atoms with Crippen molar-refractivity contribution in [3.05, 3.63) is 0 Å². The summed E-state index contributed by atoms with van der Waals surface area (Å²) in [6.45, 7) is 2.23. The van der Waals surface area contributed by atoms with Gasteiger partial charge in [0, 0.05) is 24.4 Å². The van der Waals surface area contributed by atoms with Crippen LogP contribution in [-0.4, -0.2) is 50.2 Å². The standard InChI is InChI=1S/C9H15NO4S/c1-3-6(9(12)13)15(14)7-4-5-10(2)8(7)11/h6-7H,3-5H2,1-2H3,(H,12,13). The van der Waals surface area contributed by atoms with E-state index in [0.29, 0.717) is 13.0 Å². The average molecular weight is 233 g/mol. The van der Waals surface area contributed by atoms with Gasteiger partial charge in [-0.2, -0.15) is 0 Å². The van der Waals surface area contributed by atoms with Crippen molar-refractivity contribution >= 4 is 22.7 Å². The molecule has 0 aromatic rings. The number of rotatable bonds is 4. The van der Waals surface area contributed by atoms with Gasteiger partial charge in [-0.05, 0) is 12.8 Å². The maximum absolute atomic E-state index is 11.9. The highest BCUT2D eigenvalue weighted by Crippen LogP contribution is 2.19. The second-order valence-electron chi connectivity index (χ2n) is 3.60. The number of likely N-dealkylation sites (tertiary alicyclic amines) is 1. The van der Waals surface area contributed by atoms with Crippen LogP contribution in [0.5, 0.6) is 0 Å². The Kier molecular flexibility index (Phi) is 3.84. The molecule has 15 heavy (non-hydrogen) atoms. The van der Waals surface area contributed by atoms with Crippen molar-refractivity contribution in [2.45, 2.75) is 30.3 Å². The molecule has 0 bridgehead atoms. The first kappa shape index (κ1) is 12.2. The predicted molar refractivity (Wildman–Crippen MR) is 55.9 cm³/mol. The van der Waals surface area contributed by atoms with E-state index in [1.165, 1.54) is 4.90 Å². The fourth-order valence-corrected chi connectivity index (χ4v) is 3.28. The van der Waals surface area contributed by atoms with Crippen LogP contribution >= 0.6 is 0 Å². The van der Waals surface area contributed by atoms with Gasteiger partial charge >= 0.3 is 5.97 Å². The Bertz CT molecular complexity index is 304. The fourth-order valence-electron chi connectivity index (χ4n) is 1.64. The van der Waals surface area contributed by atoms with Gasteiger partial charge in [0.05, 0.1) is 0 Å². The number of hydrogen-bond acceptors (Lipinski definition) is 3. The Morgan fingerprint density at radius 3 is 2.67 bits per heavy atom. The molecule has 0 aromatic heterocycles. The third-order valence-corrected chi connectivity index (χ3v) is 4.68.